The number of benzene rings is 3. The number of hydrogen-bond acceptors (Lipinski definition) is 5. The second-order valence-electron chi connectivity index (χ2n) is 9.95. The Bertz CT molecular complexity index is 1250. The molecule has 2 amide bonds. The fourth-order valence-corrected chi connectivity index (χ4v) is 4.95. The second-order valence-corrected chi connectivity index (χ2v) is 9.95. The van der Waals surface area contributed by atoms with Crippen LogP contribution in [-0.4, -0.2) is 48.4 Å². The standard InChI is InChI=1S/C32H36N2O6/c1-22(39-20-23-12-4-2-5-13-23)30(31(36)37)34-29(35)18-6-3-11-19-33-32(38)40-21-28-26-16-9-7-14-24(26)25-15-8-10-17-27(25)28/h2,4-5,7-10,12-17,22,28,30H,3,6,11,18-21H2,1H3,(H,33,38)(H,34,35)(H,36,37). The second kappa shape index (κ2) is 14.3. The van der Waals surface area contributed by atoms with Gasteiger partial charge in [-0.1, -0.05) is 85.3 Å². The van der Waals surface area contributed by atoms with Gasteiger partial charge < -0.3 is 25.2 Å². The van der Waals surface area contributed by atoms with E-state index in [0.717, 1.165) is 16.7 Å². The van der Waals surface area contributed by atoms with Crippen molar-refractivity contribution in [3.63, 3.8) is 0 Å². The molecular formula is C32H36N2O6. The molecule has 2 atom stereocenters. The molecule has 2 unspecified atom stereocenters. The predicted molar refractivity (Wildman–Crippen MR) is 152 cm³/mol. The number of carboxylic acid groups (broad SMARTS) is 1. The van der Waals surface area contributed by atoms with Crippen LogP contribution in [0.4, 0.5) is 4.79 Å². The van der Waals surface area contributed by atoms with Gasteiger partial charge in [0.05, 0.1) is 12.7 Å². The molecule has 4 rings (SSSR count). The summed E-state index contributed by atoms with van der Waals surface area (Å²) >= 11 is 0. The van der Waals surface area contributed by atoms with Crippen molar-refractivity contribution in [2.75, 3.05) is 13.2 Å². The topological polar surface area (TPSA) is 114 Å². The number of rotatable bonds is 14. The molecular weight excluding hydrogens is 508 g/mol. The third-order valence-corrected chi connectivity index (χ3v) is 7.10. The SMILES string of the molecule is CC(OCc1ccccc1)C(NC(=O)CCCCCNC(=O)OCC1c2ccccc2-c2ccccc21)C(=O)O. The van der Waals surface area contributed by atoms with E-state index in [2.05, 4.69) is 34.9 Å². The van der Waals surface area contributed by atoms with Crippen molar-refractivity contribution in [2.24, 2.45) is 0 Å². The maximum atomic E-state index is 12.3. The molecule has 1 aliphatic rings. The molecule has 0 saturated heterocycles. The molecule has 210 valence electrons. The normalized spacial score (nSPS) is 13.5. The molecule has 0 aliphatic heterocycles. The molecule has 1 aliphatic carbocycles. The minimum Gasteiger partial charge on any atom is -0.480 e. The summed E-state index contributed by atoms with van der Waals surface area (Å²) in [7, 11) is 0. The molecule has 0 bridgehead atoms. The smallest absolute Gasteiger partial charge is 0.407 e. The highest BCUT2D eigenvalue weighted by molar-refractivity contribution is 5.84. The zero-order valence-electron chi connectivity index (χ0n) is 22.7. The summed E-state index contributed by atoms with van der Waals surface area (Å²) in [6, 6.07) is 24.7. The van der Waals surface area contributed by atoms with Crippen LogP contribution in [0.15, 0.2) is 78.9 Å². The summed E-state index contributed by atoms with van der Waals surface area (Å²) in [6.45, 7) is 2.59. The Hall–Kier alpha value is -4.17. The summed E-state index contributed by atoms with van der Waals surface area (Å²) in [5.74, 6) is -1.47. The summed E-state index contributed by atoms with van der Waals surface area (Å²) in [5.41, 5.74) is 5.62. The highest BCUT2D eigenvalue weighted by Gasteiger charge is 2.29. The monoisotopic (exact) mass is 544 g/mol. The van der Waals surface area contributed by atoms with Gasteiger partial charge in [-0.3, -0.25) is 4.79 Å². The van der Waals surface area contributed by atoms with Gasteiger partial charge in [-0.15, -0.1) is 0 Å². The number of carbonyl (C=O) groups is 3. The molecule has 8 nitrogen and oxygen atoms in total. The van der Waals surface area contributed by atoms with Crippen molar-refractivity contribution in [3.8, 4) is 11.1 Å². The molecule has 8 heteroatoms. The molecule has 40 heavy (non-hydrogen) atoms. The quantitative estimate of drug-likeness (QED) is 0.239. The fourth-order valence-electron chi connectivity index (χ4n) is 4.95. The van der Waals surface area contributed by atoms with Gasteiger partial charge in [0.1, 0.15) is 6.61 Å². The van der Waals surface area contributed by atoms with Gasteiger partial charge in [-0.05, 0) is 47.6 Å². The molecule has 0 aromatic heterocycles. The Morgan fingerprint density at radius 2 is 1.48 bits per heavy atom. The van der Waals surface area contributed by atoms with Gasteiger partial charge in [-0.25, -0.2) is 9.59 Å². The lowest BCUT2D eigenvalue weighted by Crippen LogP contribution is -2.48. The molecule has 0 heterocycles. The number of alkyl carbamates (subject to hydrolysis) is 1. The van der Waals surface area contributed by atoms with Crippen molar-refractivity contribution in [3.05, 3.63) is 95.6 Å². The first-order valence-electron chi connectivity index (χ1n) is 13.7. The Morgan fingerprint density at radius 1 is 0.850 bits per heavy atom. The number of carboxylic acids is 1. The predicted octanol–water partition coefficient (Wildman–Crippen LogP) is 5.26. The minimum absolute atomic E-state index is 0.0118. The lowest BCUT2D eigenvalue weighted by molar-refractivity contribution is -0.146. The first kappa shape index (κ1) is 28.8. The molecule has 3 aromatic carbocycles. The van der Waals surface area contributed by atoms with Gasteiger partial charge in [0.15, 0.2) is 6.04 Å². The maximum Gasteiger partial charge on any atom is 0.407 e. The average molecular weight is 545 g/mol. The third kappa shape index (κ3) is 7.70. The number of hydrogen-bond donors (Lipinski definition) is 3. The third-order valence-electron chi connectivity index (χ3n) is 7.10. The van der Waals surface area contributed by atoms with Crippen molar-refractivity contribution >= 4 is 18.0 Å². The first-order valence-corrected chi connectivity index (χ1v) is 13.7. The molecule has 3 N–H and O–H groups in total. The van der Waals surface area contributed by atoms with E-state index in [-0.39, 0.29) is 31.5 Å². The summed E-state index contributed by atoms with van der Waals surface area (Å²) < 4.78 is 11.2. The van der Waals surface area contributed by atoms with E-state index in [1.807, 2.05) is 54.6 Å². The number of amides is 2. The van der Waals surface area contributed by atoms with Gasteiger partial charge in [-0.2, -0.15) is 0 Å². The van der Waals surface area contributed by atoms with Crippen molar-refractivity contribution < 1.29 is 29.0 Å². The molecule has 0 radical (unpaired) electrons. The van der Waals surface area contributed by atoms with Gasteiger partial charge >= 0.3 is 12.1 Å². The number of carbonyl (C=O) groups excluding carboxylic acids is 2. The van der Waals surface area contributed by atoms with E-state index in [1.54, 1.807) is 6.92 Å². The average Bonchev–Trinajstić information content (AvgIpc) is 3.29. The summed E-state index contributed by atoms with van der Waals surface area (Å²) in [4.78, 5) is 36.3. The molecule has 3 aromatic rings. The maximum absolute atomic E-state index is 12.3. The van der Waals surface area contributed by atoms with E-state index < -0.39 is 24.2 Å². The van der Waals surface area contributed by atoms with E-state index in [0.29, 0.717) is 25.8 Å². The zero-order chi connectivity index (χ0) is 28.3. The molecule has 0 spiro atoms. The van der Waals surface area contributed by atoms with E-state index in [9.17, 15) is 19.5 Å². The highest BCUT2D eigenvalue weighted by Crippen LogP contribution is 2.44. The lowest BCUT2D eigenvalue weighted by atomic mass is 9.98. The Kier molecular flexibility index (Phi) is 10.3. The lowest BCUT2D eigenvalue weighted by Gasteiger charge is -2.22. The Balaban J connectivity index is 1.11. The van der Waals surface area contributed by atoms with Crippen LogP contribution in [-0.2, 0) is 25.7 Å². The van der Waals surface area contributed by atoms with Crippen LogP contribution in [0.2, 0.25) is 0 Å². The number of fused-ring (bicyclic) bond motifs is 3. The zero-order valence-corrected chi connectivity index (χ0v) is 22.7. The van der Waals surface area contributed by atoms with Crippen LogP contribution < -0.4 is 10.6 Å². The fraction of sp³-hybridized carbons (Fsp3) is 0.344. The van der Waals surface area contributed by atoms with Gasteiger partial charge in [0.2, 0.25) is 5.91 Å². The van der Waals surface area contributed by atoms with Gasteiger partial charge in [0, 0.05) is 18.9 Å². The highest BCUT2D eigenvalue weighted by atomic mass is 16.5. The van der Waals surface area contributed by atoms with E-state index >= 15 is 0 Å². The van der Waals surface area contributed by atoms with Crippen LogP contribution in [0.25, 0.3) is 11.1 Å². The Morgan fingerprint density at radius 3 is 2.12 bits per heavy atom. The van der Waals surface area contributed by atoms with Crippen LogP contribution in [0, 0.1) is 0 Å². The van der Waals surface area contributed by atoms with E-state index in [4.69, 9.17) is 9.47 Å². The molecule has 0 saturated carbocycles. The van der Waals surface area contributed by atoms with Crippen molar-refractivity contribution in [1.82, 2.24) is 10.6 Å². The first-order chi connectivity index (χ1) is 19.4. The summed E-state index contributed by atoms with van der Waals surface area (Å²) in [6.07, 6.45) is 0.992. The van der Waals surface area contributed by atoms with Gasteiger partial charge in [0.25, 0.3) is 0 Å². The number of aliphatic carboxylic acids is 1. The van der Waals surface area contributed by atoms with E-state index in [1.165, 1.54) is 11.1 Å². The number of ether oxygens (including phenoxy) is 2. The summed E-state index contributed by atoms with van der Waals surface area (Å²) in [5, 5.41) is 14.9. The largest absolute Gasteiger partial charge is 0.480 e. The number of unbranched alkanes of at least 4 members (excludes halogenated alkanes) is 2. The van der Waals surface area contributed by atoms with Crippen LogP contribution in [0.1, 0.15) is 55.2 Å². The number of nitrogens with one attached hydrogen (secondary N) is 2. The molecule has 0 fully saturated rings. The Labute approximate surface area is 234 Å². The van der Waals surface area contributed by atoms with Crippen LogP contribution in [0.3, 0.4) is 0 Å². The van der Waals surface area contributed by atoms with Crippen molar-refractivity contribution in [2.45, 2.75) is 57.3 Å². The van der Waals surface area contributed by atoms with Crippen LogP contribution in [0.5, 0.6) is 0 Å². The van der Waals surface area contributed by atoms with Crippen molar-refractivity contribution in [1.29, 1.82) is 0 Å². The van der Waals surface area contributed by atoms with Crippen LogP contribution >= 0.6 is 0 Å². The minimum atomic E-state index is -1.14.